The van der Waals surface area contributed by atoms with Crippen molar-refractivity contribution in [3.8, 4) is 5.75 Å². The number of fused-ring (bicyclic) bond motifs is 2. The summed E-state index contributed by atoms with van der Waals surface area (Å²) in [4.78, 5) is 12.1. The summed E-state index contributed by atoms with van der Waals surface area (Å²) in [6, 6.07) is 21.6. The number of amides is 1. The van der Waals surface area contributed by atoms with Gasteiger partial charge in [-0.3, -0.25) is 4.79 Å². The zero-order valence-electron chi connectivity index (χ0n) is 14.1. The molecule has 0 aliphatic carbocycles. The summed E-state index contributed by atoms with van der Waals surface area (Å²) >= 11 is 0. The van der Waals surface area contributed by atoms with E-state index in [-0.39, 0.29) is 12.5 Å². The third-order valence-corrected chi connectivity index (χ3v) is 4.13. The van der Waals surface area contributed by atoms with E-state index in [2.05, 4.69) is 21.7 Å². The Morgan fingerprint density at radius 2 is 1.81 bits per heavy atom. The zero-order valence-corrected chi connectivity index (χ0v) is 14.1. The lowest BCUT2D eigenvalue weighted by Gasteiger charge is -2.09. The lowest BCUT2D eigenvalue weighted by molar-refractivity contribution is -0.121. The molecule has 26 heavy (non-hydrogen) atoms. The van der Waals surface area contributed by atoms with E-state index in [0.29, 0.717) is 13.2 Å². The molecule has 0 atom stereocenters. The molecule has 4 aromatic rings. The molecule has 1 N–H and O–H groups in total. The van der Waals surface area contributed by atoms with E-state index in [1.807, 2.05) is 60.7 Å². The Morgan fingerprint density at radius 1 is 1.00 bits per heavy atom. The number of benzene rings is 3. The molecule has 1 amide bonds. The number of carbonyl (C=O) groups is 1. The fraction of sp³-hybridized carbons (Fsp3) is 0.150. The van der Waals surface area contributed by atoms with E-state index in [4.69, 9.17) is 4.74 Å². The third-order valence-electron chi connectivity index (χ3n) is 4.13. The first kappa shape index (κ1) is 16.1. The lowest BCUT2D eigenvalue weighted by atomic mass is 10.1. The van der Waals surface area contributed by atoms with Crippen molar-refractivity contribution in [2.45, 2.75) is 6.54 Å². The van der Waals surface area contributed by atoms with Crippen LogP contribution < -0.4 is 10.1 Å². The summed E-state index contributed by atoms with van der Waals surface area (Å²) < 4.78 is 7.31. The van der Waals surface area contributed by atoms with Gasteiger partial charge in [0.05, 0.1) is 12.1 Å². The van der Waals surface area contributed by atoms with E-state index < -0.39 is 0 Å². The second-order valence-corrected chi connectivity index (χ2v) is 5.94. The number of nitrogens with one attached hydrogen (secondary N) is 1. The van der Waals surface area contributed by atoms with E-state index in [1.54, 1.807) is 4.68 Å². The Hall–Kier alpha value is -3.41. The molecular formula is C20H18N4O2. The second kappa shape index (κ2) is 7.23. The summed E-state index contributed by atoms with van der Waals surface area (Å²) in [5.74, 6) is 0.669. The number of rotatable bonds is 6. The Morgan fingerprint density at radius 3 is 2.73 bits per heavy atom. The Kier molecular flexibility index (Phi) is 4.47. The standard InChI is InChI=1S/C20H18N4O2/c25-20(14-24-19-8-4-3-7-18(19)22-23-24)21-11-12-26-17-10-9-15-5-1-2-6-16(15)13-17/h1-10,13H,11-12,14H2,(H,21,25). The van der Waals surface area contributed by atoms with Crippen LogP contribution in [0.2, 0.25) is 0 Å². The van der Waals surface area contributed by atoms with Crippen molar-refractivity contribution >= 4 is 27.7 Å². The third kappa shape index (κ3) is 3.49. The summed E-state index contributed by atoms with van der Waals surface area (Å²) in [6.07, 6.45) is 0. The second-order valence-electron chi connectivity index (χ2n) is 5.94. The van der Waals surface area contributed by atoms with E-state index in [0.717, 1.165) is 22.2 Å². The van der Waals surface area contributed by atoms with Crippen molar-refractivity contribution in [1.82, 2.24) is 20.3 Å². The van der Waals surface area contributed by atoms with Gasteiger partial charge in [0.25, 0.3) is 0 Å². The zero-order chi connectivity index (χ0) is 17.8. The predicted molar refractivity (Wildman–Crippen MR) is 100.0 cm³/mol. The van der Waals surface area contributed by atoms with Crippen molar-refractivity contribution in [3.63, 3.8) is 0 Å². The molecule has 0 bridgehead atoms. The normalized spacial score (nSPS) is 10.9. The number of ether oxygens (including phenoxy) is 1. The van der Waals surface area contributed by atoms with Gasteiger partial charge in [-0.05, 0) is 35.0 Å². The maximum Gasteiger partial charge on any atom is 0.241 e. The fourth-order valence-electron chi connectivity index (χ4n) is 2.84. The van der Waals surface area contributed by atoms with Crippen molar-refractivity contribution in [3.05, 3.63) is 66.7 Å². The first-order valence-corrected chi connectivity index (χ1v) is 8.46. The van der Waals surface area contributed by atoms with E-state index in [9.17, 15) is 4.79 Å². The van der Waals surface area contributed by atoms with Gasteiger partial charge < -0.3 is 10.1 Å². The molecule has 0 radical (unpaired) electrons. The molecule has 130 valence electrons. The maximum absolute atomic E-state index is 12.1. The van der Waals surface area contributed by atoms with Gasteiger partial charge >= 0.3 is 0 Å². The van der Waals surface area contributed by atoms with Gasteiger partial charge in [0.1, 0.15) is 24.4 Å². The molecule has 3 aromatic carbocycles. The summed E-state index contributed by atoms with van der Waals surface area (Å²) in [7, 11) is 0. The summed E-state index contributed by atoms with van der Waals surface area (Å²) in [5, 5.41) is 13.2. The summed E-state index contributed by atoms with van der Waals surface area (Å²) in [6.45, 7) is 0.969. The Bertz CT molecular complexity index is 1060. The van der Waals surface area contributed by atoms with Crippen LogP contribution in [0.25, 0.3) is 21.8 Å². The van der Waals surface area contributed by atoms with Crippen molar-refractivity contribution in [2.75, 3.05) is 13.2 Å². The highest BCUT2D eigenvalue weighted by Gasteiger charge is 2.08. The van der Waals surface area contributed by atoms with Gasteiger partial charge in [-0.25, -0.2) is 4.68 Å². The van der Waals surface area contributed by atoms with Crippen molar-refractivity contribution in [2.24, 2.45) is 0 Å². The number of carbonyl (C=O) groups excluding carboxylic acids is 1. The van der Waals surface area contributed by atoms with Crippen LogP contribution in [-0.4, -0.2) is 34.1 Å². The highest BCUT2D eigenvalue weighted by atomic mass is 16.5. The highest BCUT2D eigenvalue weighted by molar-refractivity contribution is 5.83. The van der Waals surface area contributed by atoms with Crippen LogP contribution in [-0.2, 0) is 11.3 Å². The molecule has 0 fully saturated rings. The maximum atomic E-state index is 12.1. The van der Waals surface area contributed by atoms with Crippen LogP contribution in [0.1, 0.15) is 0 Å². The fourth-order valence-corrected chi connectivity index (χ4v) is 2.84. The quantitative estimate of drug-likeness (QED) is 0.545. The van der Waals surface area contributed by atoms with Crippen LogP contribution >= 0.6 is 0 Å². The Balaban J connectivity index is 1.28. The summed E-state index contributed by atoms with van der Waals surface area (Å²) in [5.41, 5.74) is 1.62. The number of para-hydroxylation sites is 1. The van der Waals surface area contributed by atoms with E-state index >= 15 is 0 Å². The Labute approximate surface area is 150 Å². The number of hydrogen-bond donors (Lipinski definition) is 1. The number of aromatic nitrogens is 3. The molecule has 0 aliphatic heterocycles. The first-order valence-electron chi connectivity index (χ1n) is 8.46. The molecule has 6 nitrogen and oxygen atoms in total. The minimum atomic E-state index is -0.122. The van der Waals surface area contributed by atoms with Crippen molar-refractivity contribution in [1.29, 1.82) is 0 Å². The topological polar surface area (TPSA) is 69.0 Å². The molecule has 0 aliphatic rings. The molecule has 1 aromatic heterocycles. The van der Waals surface area contributed by atoms with E-state index in [1.165, 1.54) is 5.39 Å². The smallest absolute Gasteiger partial charge is 0.241 e. The molecule has 1 heterocycles. The van der Waals surface area contributed by atoms with Gasteiger partial charge in [0.15, 0.2) is 0 Å². The van der Waals surface area contributed by atoms with Crippen LogP contribution in [0.4, 0.5) is 0 Å². The minimum Gasteiger partial charge on any atom is -0.492 e. The largest absolute Gasteiger partial charge is 0.492 e. The van der Waals surface area contributed by atoms with Crippen LogP contribution in [0.5, 0.6) is 5.75 Å². The SMILES string of the molecule is O=C(Cn1nnc2ccccc21)NCCOc1ccc2ccccc2c1. The molecular weight excluding hydrogens is 328 g/mol. The average Bonchev–Trinajstić information content (AvgIpc) is 3.08. The predicted octanol–water partition coefficient (Wildman–Crippen LogP) is 2.78. The molecule has 0 unspecified atom stereocenters. The van der Waals surface area contributed by atoms with Crippen molar-refractivity contribution < 1.29 is 9.53 Å². The van der Waals surface area contributed by atoms with Crippen LogP contribution in [0.3, 0.4) is 0 Å². The molecule has 0 saturated carbocycles. The highest BCUT2D eigenvalue weighted by Crippen LogP contribution is 2.20. The van der Waals surface area contributed by atoms with Crippen LogP contribution in [0.15, 0.2) is 66.7 Å². The first-order chi connectivity index (χ1) is 12.8. The van der Waals surface area contributed by atoms with Gasteiger partial charge in [0, 0.05) is 0 Å². The molecule has 0 saturated heterocycles. The van der Waals surface area contributed by atoms with Crippen LogP contribution in [0, 0.1) is 0 Å². The van der Waals surface area contributed by atoms with Gasteiger partial charge in [-0.1, -0.05) is 47.7 Å². The molecule has 0 spiro atoms. The number of nitrogens with zero attached hydrogens (tertiary/aromatic N) is 3. The monoisotopic (exact) mass is 346 g/mol. The van der Waals surface area contributed by atoms with Gasteiger partial charge in [-0.2, -0.15) is 0 Å². The molecule has 6 heteroatoms. The minimum absolute atomic E-state index is 0.122. The lowest BCUT2D eigenvalue weighted by Crippen LogP contribution is -2.31. The van der Waals surface area contributed by atoms with Gasteiger partial charge in [-0.15, -0.1) is 5.10 Å². The average molecular weight is 346 g/mol. The molecule has 4 rings (SSSR count). The number of hydrogen-bond acceptors (Lipinski definition) is 4. The van der Waals surface area contributed by atoms with Gasteiger partial charge in [0.2, 0.25) is 5.91 Å².